The molecule has 3 N–H and O–H groups in total. The van der Waals surface area contributed by atoms with E-state index in [2.05, 4.69) is 15.6 Å². The van der Waals surface area contributed by atoms with Gasteiger partial charge in [0.25, 0.3) is 0 Å². The fourth-order valence-electron chi connectivity index (χ4n) is 2.77. The molecule has 0 unspecified atom stereocenters. The molecule has 2 amide bonds. The van der Waals surface area contributed by atoms with Crippen LogP contribution in [-0.2, 0) is 12.8 Å². The van der Waals surface area contributed by atoms with Gasteiger partial charge in [-0.15, -0.1) is 11.3 Å². The molecule has 0 aliphatic heterocycles. The monoisotopic (exact) mass is 317 g/mol. The van der Waals surface area contributed by atoms with E-state index in [1.54, 1.807) is 11.3 Å². The molecule has 5 nitrogen and oxygen atoms in total. The van der Waals surface area contributed by atoms with Crippen LogP contribution in [0.2, 0.25) is 0 Å². The smallest absolute Gasteiger partial charge is 0.315 e. The first kappa shape index (κ1) is 15.0. The number of urea groups is 1. The molecule has 0 radical (unpaired) electrons. The molecule has 22 heavy (non-hydrogen) atoms. The van der Waals surface area contributed by atoms with Crippen molar-refractivity contribution in [1.82, 2.24) is 15.6 Å². The average Bonchev–Trinajstić information content (AvgIpc) is 3.03. The van der Waals surface area contributed by atoms with Crippen molar-refractivity contribution in [3.05, 3.63) is 51.5 Å². The fraction of sp³-hybridized carbons (Fsp3) is 0.375. The first-order valence-corrected chi connectivity index (χ1v) is 8.22. The number of aromatic nitrogens is 1. The lowest BCUT2D eigenvalue weighted by Crippen LogP contribution is -2.41. The Morgan fingerprint density at radius 2 is 2.27 bits per heavy atom. The average molecular weight is 317 g/mol. The summed E-state index contributed by atoms with van der Waals surface area (Å²) in [5.41, 5.74) is 3.09. The van der Waals surface area contributed by atoms with Crippen LogP contribution in [-0.4, -0.2) is 28.8 Å². The number of aliphatic hydroxyl groups excluding tert-OH is 1. The van der Waals surface area contributed by atoms with E-state index in [1.165, 1.54) is 0 Å². The number of aryl methyl sites for hydroxylation is 1. The Balaban J connectivity index is 1.51. The second-order valence-electron chi connectivity index (χ2n) is 5.46. The Labute approximate surface area is 133 Å². The zero-order valence-corrected chi connectivity index (χ0v) is 13.2. The molecule has 1 aliphatic carbocycles. The number of rotatable bonds is 4. The minimum Gasteiger partial charge on any atom is -0.390 e. The minimum atomic E-state index is -0.565. The van der Waals surface area contributed by atoms with Gasteiger partial charge in [-0.3, -0.25) is 0 Å². The van der Waals surface area contributed by atoms with E-state index in [0.29, 0.717) is 19.4 Å². The summed E-state index contributed by atoms with van der Waals surface area (Å²) in [4.78, 5) is 16.4. The normalized spacial score (nSPS) is 19.7. The molecule has 0 fully saturated rings. The third-order valence-electron chi connectivity index (χ3n) is 3.82. The maximum absolute atomic E-state index is 12.0. The van der Waals surface area contributed by atoms with Gasteiger partial charge in [-0.05, 0) is 18.1 Å². The summed E-state index contributed by atoms with van der Waals surface area (Å²) in [5, 5.41) is 18.8. The highest BCUT2D eigenvalue weighted by Gasteiger charge is 2.31. The molecule has 3 rings (SSSR count). The first-order valence-electron chi connectivity index (χ1n) is 7.34. The van der Waals surface area contributed by atoms with Crippen molar-refractivity contribution < 1.29 is 9.90 Å². The third-order valence-corrected chi connectivity index (χ3v) is 4.65. The molecule has 116 valence electrons. The number of nitrogens with one attached hydrogen (secondary N) is 2. The van der Waals surface area contributed by atoms with Crippen molar-refractivity contribution in [3.8, 4) is 0 Å². The molecule has 1 aromatic heterocycles. The van der Waals surface area contributed by atoms with Crippen molar-refractivity contribution in [2.75, 3.05) is 6.54 Å². The summed E-state index contributed by atoms with van der Waals surface area (Å²) >= 11 is 1.61. The Morgan fingerprint density at radius 3 is 3.05 bits per heavy atom. The van der Waals surface area contributed by atoms with E-state index in [4.69, 9.17) is 0 Å². The van der Waals surface area contributed by atoms with E-state index >= 15 is 0 Å². The number of amides is 2. The van der Waals surface area contributed by atoms with Crippen LogP contribution in [0, 0.1) is 6.92 Å². The molecular formula is C16H19N3O2S. The topological polar surface area (TPSA) is 74.2 Å². The Kier molecular flexibility index (Phi) is 4.40. The van der Waals surface area contributed by atoms with Crippen molar-refractivity contribution in [2.45, 2.75) is 31.9 Å². The van der Waals surface area contributed by atoms with E-state index in [0.717, 1.165) is 21.8 Å². The lowest BCUT2D eigenvalue weighted by molar-refractivity contribution is 0.142. The van der Waals surface area contributed by atoms with Crippen LogP contribution in [0.25, 0.3) is 0 Å². The van der Waals surface area contributed by atoms with Crippen molar-refractivity contribution in [3.63, 3.8) is 0 Å². The molecule has 0 bridgehead atoms. The standard InChI is InChI=1S/C16H19N3O2S/c1-10-18-12(9-22-10)6-7-17-16(21)19-15-13-5-3-2-4-11(13)8-14(15)20/h2-5,9,14-15,20H,6-8H2,1H3,(H2,17,19,21)/t14-,15+/m0/s1. The molecule has 1 aliphatic rings. The number of carbonyl (C=O) groups excluding carboxylic acids is 1. The number of carbonyl (C=O) groups is 1. The highest BCUT2D eigenvalue weighted by Crippen LogP contribution is 2.30. The van der Waals surface area contributed by atoms with Gasteiger partial charge in [-0.25, -0.2) is 9.78 Å². The van der Waals surface area contributed by atoms with Crippen LogP contribution in [0.5, 0.6) is 0 Å². The van der Waals surface area contributed by atoms with Gasteiger partial charge in [0, 0.05) is 24.8 Å². The largest absolute Gasteiger partial charge is 0.390 e. The zero-order valence-electron chi connectivity index (χ0n) is 12.4. The number of hydrogen-bond donors (Lipinski definition) is 3. The number of thiazole rings is 1. The lowest BCUT2D eigenvalue weighted by Gasteiger charge is -2.18. The quantitative estimate of drug-likeness (QED) is 0.807. The summed E-state index contributed by atoms with van der Waals surface area (Å²) < 4.78 is 0. The van der Waals surface area contributed by atoms with Gasteiger partial charge < -0.3 is 15.7 Å². The summed E-state index contributed by atoms with van der Waals surface area (Å²) in [6, 6.07) is 7.22. The van der Waals surface area contributed by atoms with Gasteiger partial charge in [0.2, 0.25) is 0 Å². The molecule has 1 heterocycles. The second kappa shape index (κ2) is 6.46. The summed E-state index contributed by atoms with van der Waals surface area (Å²) in [6.07, 6.45) is 0.727. The zero-order chi connectivity index (χ0) is 15.5. The van der Waals surface area contributed by atoms with E-state index in [-0.39, 0.29) is 12.1 Å². The van der Waals surface area contributed by atoms with Gasteiger partial charge in [0.05, 0.1) is 22.8 Å². The van der Waals surface area contributed by atoms with Crippen LogP contribution in [0.3, 0.4) is 0 Å². The maximum atomic E-state index is 12.0. The van der Waals surface area contributed by atoms with Crippen molar-refractivity contribution in [2.24, 2.45) is 0 Å². The minimum absolute atomic E-state index is 0.257. The maximum Gasteiger partial charge on any atom is 0.315 e. The van der Waals surface area contributed by atoms with Gasteiger partial charge in [0.15, 0.2) is 0 Å². The first-order chi connectivity index (χ1) is 10.6. The molecule has 0 saturated heterocycles. The molecule has 2 atom stereocenters. The second-order valence-corrected chi connectivity index (χ2v) is 6.52. The molecular weight excluding hydrogens is 298 g/mol. The third kappa shape index (κ3) is 3.28. The summed E-state index contributed by atoms with van der Waals surface area (Å²) in [5.74, 6) is 0. The number of hydrogen-bond acceptors (Lipinski definition) is 4. The van der Waals surface area contributed by atoms with Crippen LogP contribution < -0.4 is 10.6 Å². The summed E-state index contributed by atoms with van der Waals surface area (Å²) in [7, 11) is 0. The van der Waals surface area contributed by atoms with E-state index in [1.807, 2.05) is 36.6 Å². The van der Waals surface area contributed by atoms with Crippen LogP contribution >= 0.6 is 11.3 Å². The highest BCUT2D eigenvalue weighted by molar-refractivity contribution is 7.09. The lowest BCUT2D eigenvalue weighted by atomic mass is 10.1. The van der Waals surface area contributed by atoms with Crippen molar-refractivity contribution in [1.29, 1.82) is 0 Å². The molecule has 6 heteroatoms. The number of nitrogens with zero attached hydrogens (tertiary/aromatic N) is 1. The Hall–Kier alpha value is -1.92. The van der Waals surface area contributed by atoms with Crippen LogP contribution in [0.4, 0.5) is 4.79 Å². The molecule has 1 aromatic carbocycles. The van der Waals surface area contributed by atoms with E-state index in [9.17, 15) is 9.90 Å². The summed E-state index contributed by atoms with van der Waals surface area (Å²) in [6.45, 7) is 2.49. The SMILES string of the molecule is Cc1nc(CCNC(=O)N[C@@H]2c3ccccc3C[C@@H]2O)cs1. The number of benzene rings is 1. The molecule has 0 spiro atoms. The predicted molar refractivity (Wildman–Crippen MR) is 86.0 cm³/mol. The van der Waals surface area contributed by atoms with Gasteiger partial charge >= 0.3 is 6.03 Å². The van der Waals surface area contributed by atoms with Crippen LogP contribution in [0.15, 0.2) is 29.6 Å². The van der Waals surface area contributed by atoms with E-state index < -0.39 is 6.10 Å². The molecule has 0 saturated carbocycles. The molecule has 2 aromatic rings. The number of fused-ring (bicyclic) bond motifs is 1. The fourth-order valence-corrected chi connectivity index (χ4v) is 3.41. The van der Waals surface area contributed by atoms with Crippen molar-refractivity contribution >= 4 is 17.4 Å². The predicted octanol–water partition coefficient (Wildman–Crippen LogP) is 1.95. The van der Waals surface area contributed by atoms with Crippen LogP contribution in [0.1, 0.15) is 27.9 Å². The Morgan fingerprint density at radius 1 is 1.45 bits per heavy atom. The van der Waals surface area contributed by atoms with Gasteiger partial charge in [-0.2, -0.15) is 0 Å². The Bertz CT molecular complexity index is 671. The highest BCUT2D eigenvalue weighted by atomic mass is 32.1. The van der Waals surface area contributed by atoms with Gasteiger partial charge in [0.1, 0.15) is 0 Å². The van der Waals surface area contributed by atoms with Gasteiger partial charge in [-0.1, -0.05) is 24.3 Å². The number of aliphatic hydroxyl groups is 1.